The second-order valence-corrected chi connectivity index (χ2v) is 6.18. The zero-order valence-electron chi connectivity index (χ0n) is 12.0. The molecule has 0 unspecified atom stereocenters. The first-order valence-electron chi connectivity index (χ1n) is 7.65. The molecule has 1 aromatic rings. The molecule has 0 aromatic heterocycles. The number of fused-ring (bicyclic) bond motifs is 1. The summed E-state index contributed by atoms with van der Waals surface area (Å²) in [7, 11) is 0. The smallest absolute Gasteiger partial charge is 0.127 e. The number of ether oxygens (including phenoxy) is 1. The molecule has 0 aliphatic carbocycles. The molecule has 0 spiro atoms. The summed E-state index contributed by atoms with van der Waals surface area (Å²) in [5, 5.41) is 0. The topological polar surface area (TPSA) is 29.5 Å². The summed E-state index contributed by atoms with van der Waals surface area (Å²) >= 11 is 0. The number of benzene rings is 1. The maximum atomic E-state index is 11.6. The molecule has 2 heterocycles. The van der Waals surface area contributed by atoms with Crippen molar-refractivity contribution in [3.8, 4) is 0 Å². The number of hydrogen-bond donors (Lipinski definition) is 0. The fourth-order valence-corrected chi connectivity index (χ4v) is 3.44. The van der Waals surface area contributed by atoms with Crippen LogP contribution in [0.1, 0.15) is 30.4 Å². The molecular weight excluding hydrogens is 250 g/mol. The van der Waals surface area contributed by atoms with E-state index in [1.54, 1.807) is 0 Å². The summed E-state index contributed by atoms with van der Waals surface area (Å²) in [6, 6.07) is 8.71. The molecule has 0 radical (unpaired) electrons. The van der Waals surface area contributed by atoms with Crippen LogP contribution in [0.2, 0.25) is 0 Å². The Morgan fingerprint density at radius 2 is 1.95 bits per heavy atom. The Balaban J connectivity index is 1.72. The summed E-state index contributed by atoms with van der Waals surface area (Å²) in [6.45, 7) is 4.40. The molecular formula is C17H23NO2. The number of nitrogens with zero attached hydrogens (tertiary/aromatic N) is 1. The van der Waals surface area contributed by atoms with E-state index in [9.17, 15) is 4.79 Å². The van der Waals surface area contributed by atoms with Crippen molar-refractivity contribution in [3.63, 3.8) is 0 Å². The largest absolute Gasteiger partial charge is 0.381 e. The molecule has 0 bridgehead atoms. The van der Waals surface area contributed by atoms with Crippen LogP contribution in [0.3, 0.4) is 0 Å². The van der Waals surface area contributed by atoms with Crippen LogP contribution in [0.5, 0.6) is 0 Å². The fourth-order valence-electron chi connectivity index (χ4n) is 3.44. The molecule has 2 aliphatic heterocycles. The van der Waals surface area contributed by atoms with E-state index in [1.807, 2.05) is 0 Å². The van der Waals surface area contributed by atoms with E-state index in [0.717, 1.165) is 52.1 Å². The van der Waals surface area contributed by atoms with Crippen molar-refractivity contribution in [2.45, 2.75) is 32.2 Å². The molecule has 0 amide bonds. The molecule has 1 fully saturated rings. The van der Waals surface area contributed by atoms with Crippen molar-refractivity contribution in [3.05, 3.63) is 35.4 Å². The van der Waals surface area contributed by atoms with Gasteiger partial charge < -0.3 is 9.53 Å². The van der Waals surface area contributed by atoms with Gasteiger partial charge in [-0.05, 0) is 43.4 Å². The number of carbonyl (C=O) groups excluding carboxylic acids is 1. The molecule has 3 rings (SSSR count). The number of carbonyl (C=O) groups is 1. The van der Waals surface area contributed by atoms with E-state index in [2.05, 4.69) is 29.2 Å². The standard InChI is InChI=1S/C17H23NO2/c19-14-17(7-10-20-11-8-17)13-18-9-3-6-15-4-1-2-5-16(15)12-18/h1-2,4-5,14H,3,6-13H2. The van der Waals surface area contributed by atoms with Crippen LogP contribution in [-0.4, -0.2) is 37.5 Å². The predicted octanol–water partition coefficient (Wildman–Crippen LogP) is 2.43. The monoisotopic (exact) mass is 273 g/mol. The molecule has 108 valence electrons. The molecule has 3 nitrogen and oxygen atoms in total. The van der Waals surface area contributed by atoms with Gasteiger partial charge in [0.2, 0.25) is 0 Å². The summed E-state index contributed by atoms with van der Waals surface area (Å²) in [5.74, 6) is 0. The van der Waals surface area contributed by atoms with Gasteiger partial charge in [0.1, 0.15) is 6.29 Å². The average Bonchev–Trinajstić information content (AvgIpc) is 2.69. The van der Waals surface area contributed by atoms with E-state index in [4.69, 9.17) is 4.74 Å². The van der Waals surface area contributed by atoms with Gasteiger partial charge in [-0.3, -0.25) is 4.90 Å². The number of hydrogen-bond acceptors (Lipinski definition) is 3. The molecule has 1 saturated heterocycles. The Kier molecular flexibility index (Phi) is 4.18. The lowest BCUT2D eigenvalue weighted by Crippen LogP contribution is -2.42. The van der Waals surface area contributed by atoms with E-state index < -0.39 is 0 Å². The maximum absolute atomic E-state index is 11.6. The highest BCUT2D eigenvalue weighted by Crippen LogP contribution is 2.31. The Morgan fingerprint density at radius 3 is 2.70 bits per heavy atom. The van der Waals surface area contributed by atoms with Gasteiger partial charge in [-0.25, -0.2) is 0 Å². The second-order valence-electron chi connectivity index (χ2n) is 6.18. The maximum Gasteiger partial charge on any atom is 0.127 e. The van der Waals surface area contributed by atoms with Gasteiger partial charge in [-0.2, -0.15) is 0 Å². The third kappa shape index (κ3) is 2.94. The van der Waals surface area contributed by atoms with Gasteiger partial charge in [-0.15, -0.1) is 0 Å². The van der Waals surface area contributed by atoms with E-state index >= 15 is 0 Å². The molecule has 0 saturated carbocycles. The van der Waals surface area contributed by atoms with Crippen molar-refractivity contribution in [2.24, 2.45) is 5.41 Å². The molecule has 20 heavy (non-hydrogen) atoms. The van der Waals surface area contributed by atoms with Crippen LogP contribution in [0.4, 0.5) is 0 Å². The Morgan fingerprint density at radius 1 is 1.20 bits per heavy atom. The zero-order chi connectivity index (χ0) is 13.8. The number of aldehydes is 1. The molecule has 0 atom stereocenters. The first kappa shape index (κ1) is 13.8. The van der Waals surface area contributed by atoms with Crippen LogP contribution < -0.4 is 0 Å². The van der Waals surface area contributed by atoms with Crippen molar-refractivity contribution in [2.75, 3.05) is 26.3 Å². The Hall–Kier alpha value is -1.19. The SMILES string of the molecule is O=CC1(CN2CCCc3ccccc3C2)CCOCC1. The van der Waals surface area contributed by atoms with Crippen LogP contribution >= 0.6 is 0 Å². The second kappa shape index (κ2) is 6.06. The lowest BCUT2D eigenvalue weighted by atomic mass is 9.81. The van der Waals surface area contributed by atoms with Crippen molar-refractivity contribution in [1.29, 1.82) is 0 Å². The van der Waals surface area contributed by atoms with E-state index in [0.29, 0.717) is 0 Å². The number of rotatable bonds is 3. The van der Waals surface area contributed by atoms with Crippen molar-refractivity contribution in [1.82, 2.24) is 4.90 Å². The van der Waals surface area contributed by atoms with Crippen LogP contribution in [0.25, 0.3) is 0 Å². The summed E-state index contributed by atoms with van der Waals surface area (Å²) in [5.41, 5.74) is 2.72. The third-order valence-corrected chi connectivity index (χ3v) is 4.71. The highest BCUT2D eigenvalue weighted by Gasteiger charge is 2.34. The Bertz CT molecular complexity index is 466. The molecule has 2 aliphatic rings. The predicted molar refractivity (Wildman–Crippen MR) is 78.6 cm³/mol. The molecule has 0 N–H and O–H groups in total. The summed E-state index contributed by atoms with van der Waals surface area (Å²) in [4.78, 5) is 14.1. The highest BCUT2D eigenvalue weighted by atomic mass is 16.5. The summed E-state index contributed by atoms with van der Waals surface area (Å²) in [6.07, 6.45) is 5.27. The molecule has 1 aromatic carbocycles. The molecule has 3 heteroatoms. The van der Waals surface area contributed by atoms with Gasteiger partial charge in [-0.1, -0.05) is 24.3 Å². The van der Waals surface area contributed by atoms with E-state index in [1.165, 1.54) is 23.8 Å². The average molecular weight is 273 g/mol. The first-order chi connectivity index (χ1) is 9.81. The number of aryl methyl sites for hydroxylation is 1. The lowest BCUT2D eigenvalue weighted by Gasteiger charge is -2.36. The normalized spacial score (nSPS) is 22.8. The Labute approximate surface area is 120 Å². The van der Waals surface area contributed by atoms with Gasteiger partial charge in [0, 0.05) is 31.7 Å². The fraction of sp³-hybridized carbons (Fsp3) is 0.588. The van der Waals surface area contributed by atoms with Gasteiger partial charge >= 0.3 is 0 Å². The van der Waals surface area contributed by atoms with Crippen LogP contribution in [0.15, 0.2) is 24.3 Å². The minimum atomic E-state index is -0.183. The van der Waals surface area contributed by atoms with Crippen LogP contribution in [-0.2, 0) is 22.5 Å². The first-order valence-corrected chi connectivity index (χ1v) is 7.65. The van der Waals surface area contributed by atoms with Gasteiger partial charge in [0.05, 0.1) is 0 Å². The quantitative estimate of drug-likeness (QED) is 0.792. The highest BCUT2D eigenvalue weighted by molar-refractivity contribution is 5.60. The van der Waals surface area contributed by atoms with Crippen molar-refractivity contribution >= 4 is 6.29 Å². The van der Waals surface area contributed by atoms with Gasteiger partial charge in [0.15, 0.2) is 0 Å². The minimum absolute atomic E-state index is 0.183. The van der Waals surface area contributed by atoms with E-state index in [-0.39, 0.29) is 5.41 Å². The van der Waals surface area contributed by atoms with Crippen molar-refractivity contribution < 1.29 is 9.53 Å². The third-order valence-electron chi connectivity index (χ3n) is 4.71. The van der Waals surface area contributed by atoms with Crippen LogP contribution in [0, 0.1) is 5.41 Å². The zero-order valence-corrected chi connectivity index (χ0v) is 12.0. The minimum Gasteiger partial charge on any atom is -0.381 e. The van der Waals surface area contributed by atoms with Gasteiger partial charge in [0.25, 0.3) is 0 Å². The summed E-state index contributed by atoms with van der Waals surface area (Å²) < 4.78 is 5.42. The lowest BCUT2D eigenvalue weighted by molar-refractivity contribution is -0.123.